The molecular formula is C12H20O3. The molecule has 0 saturated carbocycles. The molecule has 1 saturated heterocycles. The lowest BCUT2D eigenvalue weighted by Crippen LogP contribution is -2.42. The molecule has 0 aromatic heterocycles. The number of aliphatic hydroxyl groups is 1. The summed E-state index contributed by atoms with van der Waals surface area (Å²) in [5.41, 5.74) is 0.398. The highest BCUT2D eigenvalue weighted by atomic mass is 16.5. The molecular weight excluding hydrogens is 192 g/mol. The van der Waals surface area contributed by atoms with Crippen molar-refractivity contribution in [2.75, 3.05) is 13.2 Å². The normalized spacial score (nSPS) is 36.9. The third-order valence-corrected chi connectivity index (χ3v) is 3.42. The molecule has 0 spiro atoms. The van der Waals surface area contributed by atoms with E-state index < -0.39 is 5.60 Å². The van der Waals surface area contributed by atoms with E-state index in [4.69, 9.17) is 9.47 Å². The predicted octanol–water partition coefficient (Wildman–Crippen LogP) is 2.00. The molecule has 2 unspecified atom stereocenters. The lowest BCUT2D eigenvalue weighted by molar-refractivity contribution is -0.0886. The summed E-state index contributed by atoms with van der Waals surface area (Å²) in [7, 11) is 0. The molecule has 2 rings (SSSR count). The highest BCUT2D eigenvalue weighted by Gasteiger charge is 2.38. The van der Waals surface area contributed by atoms with Crippen LogP contribution in [0, 0.1) is 0 Å². The first-order chi connectivity index (χ1) is 7.24. The van der Waals surface area contributed by atoms with Crippen molar-refractivity contribution in [3.63, 3.8) is 0 Å². The fraction of sp³-hybridized carbons (Fsp3) is 0.833. The van der Waals surface area contributed by atoms with Crippen LogP contribution in [-0.4, -0.2) is 30.0 Å². The average Bonchev–Trinajstić information content (AvgIpc) is 2.30. The van der Waals surface area contributed by atoms with E-state index in [2.05, 4.69) is 6.92 Å². The predicted molar refractivity (Wildman–Crippen MR) is 57.5 cm³/mol. The molecule has 2 atom stereocenters. The van der Waals surface area contributed by atoms with E-state index in [-0.39, 0.29) is 6.10 Å². The number of rotatable bonds is 2. The van der Waals surface area contributed by atoms with E-state index in [1.54, 1.807) is 6.26 Å². The molecule has 1 fully saturated rings. The summed E-state index contributed by atoms with van der Waals surface area (Å²) in [6.45, 7) is 3.54. The summed E-state index contributed by atoms with van der Waals surface area (Å²) in [4.78, 5) is 0. The van der Waals surface area contributed by atoms with Crippen LogP contribution in [-0.2, 0) is 9.47 Å². The molecule has 3 nitrogen and oxygen atoms in total. The van der Waals surface area contributed by atoms with E-state index in [1.807, 2.05) is 0 Å². The van der Waals surface area contributed by atoms with Gasteiger partial charge in [-0.05, 0) is 24.8 Å². The lowest BCUT2D eigenvalue weighted by Gasteiger charge is -2.39. The summed E-state index contributed by atoms with van der Waals surface area (Å²) >= 11 is 0. The van der Waals surface area contributed by atoms with Gasteiger partial charge < -0.3 is 14.6 Å². The molecule has 2 aliphatic rings. The fourth-order valence-electron chi connectivity index (χ4n) is 2.39. The first-order valence-corrected chi connectivity index (χ1v) is 5.90. The largest absolute Gasteiger partial charge is 0.501 e. The maximum Gasteiger partial charge on any atom is 0.0935 e. The Labute approximate surface area is 91.1 Å². The summed E-state index contributed by atoms with van der Waals surface area (Å²) in [6.07, 6.45) is 6.35. The molecule has 0 bridgehead atoms. The summed E-state index contributed by atoms with van der Waals surface area (Å²) in [6, 6.07) is 0. The van der Waals surface area contributed by atoms with Crippen molar-refractivity contribution in [2.45, 2.75) is 50.7 Å². The molecule has 86 valence electrons. The van der Waals surface area contributed by atoms with Crippen molar-refractivity contribution in [2.24, 2.45) is 0 Å². The van der Waals surface area contributed by atoms with Crippen molar-refractivity contribution in [1.29, 1.82) is 0 Å². The van der Waals surface area contributed by atoms with Crippen molar-refractivity contribution in [3.05, 3.63) is 11.8 Å². The van der Waals surface area contributed by atoms with Gasteiger partial charge in [0.05, 0.1) is 31.2 Å². The van der Waals surface area contributed by atoms with Crippen molar-refractivity contribution in [3.8, 4) is 0 Å². The molecule has 0 radical (unpaired) electrons. The van der Waals surface area contributed by atoms with Gasteiger partial charge in [0.15, 0.2) is 0 Å². The van der Waals surface area contributed by atoms with Crippen LogP contribution >= 0.6 is 0 Å². The van der Waals surface area contributed by atoms with Gasteiger partial charge in [-0.3, -0.25) is 0 Å². The van der Waals surface area contributed by atoms with Gasteiger partial charge in [-0.25, -0.2) is 0 Å². The molecule has 0 aliphatic carbocycles. The molecule has 0 amide bonds. The van der Waals surface area contributed by atoms with Crippen molar-refractivity contribution in [1.82, 2.24) is 0 Å². The Hall–Kier alpha value is -0.540. The van der Waals surface area contributed by atoms with Gasteiger partial charge in [-0.2, -0.15) is 0 Å². The Kier molecular flexibility index (Phi) is 3.32. The molecule has 2 heterocycles. The second-order valence-electron chi connectivity index (χ2n) is 4.50. The average molecular weight is 212 g/mol. The quantitative estimate of drug-likeness (QED) is 0.761. The minimum Gasteiger partial charge on any atom is -0.501 e. The van der Waals surface area contributed by atoms with Crippen LogP contribution in [0.2, 0.25) is 0 Å². The summed E-state index contributed by atoms with van der Waals surface area (Å²) in [5, 5.41) is 10.6. The van der Waals surface area contributed by atoms with E-state index in [9.17, 15) is 5.11 Å². The highest BCUT2D eigenvalue weighted by molar-refractivity contribution is 5.17. The zero-order valence-corrected chi connectivity index (χ0v) is 9.37. The van der Waals surface area contributed by atoms with Gasteiger partial charge >= 0.3 is 0 Å². The first kappa shape index (κ1) is 11.0. The standard InChI is InChI=1S/C12H20O3/c1-2-11-8-12(13,5-7-15-11)10-4-3-6-14-9-10/h9,11,13H,2-8H2,1H3. The third-order valence-electron chi connectivity index (χ3n) is 3.42. The molecule has 0 aromatic carbocycles. The minimum absolute atomic E-state index is 0.201. The van der Waals surface area contributed by atoms with Crippen LogP contribution in [0.25, 0.3) is 0 Å². The minimum atomic E-state index is -0.667. The monoisotopic (exact) mass is 212 g/mol. The van der Waals surface area contributed by atoms with Gasteiger partial charge in [0.2, 0.25) is 0 Å². The van der Waals surface area contributed by atoms with Crippen LogP contribution in [0.15, 0.2) is 11.8 Å². The Morgan fingerprint density at radius 2 is 2.40 bits per heavy atom. The van der Waals surface area contributed by atoms with Gasteiger partial charge in [-0.15, -0.1) is 0 Å². The smallest absolute Gasteiger partial charge is 0.0935 e. The van der Waals surface area contributed by atoms with E-state index in [0.29, 0.717) is 13.0 Å². The van der Waals surface area contributed by atoms with Crippen LogP contribution in [0.4, 0.5) is 0 Å². The van der Waals surface area contributed by atoms with Crippen LogP contribution in [0.1, 0.15) is 39.0 Å². The van der Waals surface area contributed by atoms with Gasteiger partial charge in [-0.1, -0.05) is 6.92 Å². The fourth-order valence-corrected chi connectivity index (χ4v) is 2.39. The van der Waals surface area contributed by atoms with Crippen LogP contribution in [0.5, 0.6) is 0 Å². The van der Waals surface area contributed by atoms with E-state index in [1.165, 1.54) is 0 Å². The maximum absolute atomic E-state index is 10.6. The van der Waals surface area contributed by atoms with E-state index >= 15 is 0 Å². The molecule has 2 aliphatic heterocycles. The third kappa shape index (κ3) is 2.34. The Balaban J connectivity index is 2.07. The first-order valence-electron chi connectivity index (χ1n) is 5.90. The molecule has 15 heavy (non-hydrogen) atoms. The zero-order chi connectivity index (χ0) is 10.7. The Bertz CT molecular complexity index is 249. The van der Waals surface area contributed by atoms with Gasteiger partial charge in [0.1, 0.15) is 0 Å². The molecule has 3 heteroatoms. The van der Waals surface area contributed by atoms with Crippen LogP contribution < -0.4 is 0 Å². The number of ether oxygens (including phenoxy) is 2. The Morgan fingerprint density at radius 1 is 1.53 bits per heavy atom. The molecule has 1 N–H and O–H groups in total. The van der Waals surface area contributed by atoms with Gasteiger partial charge in [0.25, 0.3) is 0 Å². The summed E-state index contributed by atoms with van der Waals surface area (Å²) in [5.74, 6) is 0. The van der Waals surface area contributed by atoms with Gasteiger partial charge in [0, 0.05) is 12.8 Å². The molecule has 0 aromatic rings. The van der Waals surface area contributed by atoms with Crippen LogP contribution in [0.3, 0.4) is 0 Å². The number of hydrogen-bond acceptors (Lipinski definition) is 3. The Morgan fingerprint density at radius 3 is 3.07 bits per heavy atom. The highest BCUT2D eigenvalue weighted by Crippen LogP contribution is 2.36. The summed E-state index contributed by atoms with van der Waals surface area (Å²) < 4.78 is 10.9. The second-order valence-corrected chi connectivity index (χ2v) is 4.50. The SMILES string of the molecule is CCC1CC(O)(C2=COCCC2)CCO1. The zero-order valence-electron chi connectivity index (χ0n) is 9.37. The topological polar surface area (TPSA) is 38.7 Å². The van der Waals surface area contributed by atoms with Crippen molar-refractivity contribution >= 4 is 0 Å². The lowest BCUT2D eigenvalue weighted by atomic mass is 9.81. The maximum atomic E-state index is 10.6. The second kappa shape index (κ2) is 4.54. The number of hydrogen-bond donors (Lipinski definition) is 1. The van der Waals surface area contributed by atoms with Crippen molar-refractivity contribution < 1.29 is 14.6 Å². The van der Waals surface area contributed by atoms with E-state index in [0.717, 1.165) is 37.9 Å².